The monoisotopic (exact) mass is 1100 g/mol. The Kier molecular flexibility index (Phi) is 13.5. The molecule has 1 aliphatic carbocycles. The van der Waals surface area contributed by atoms with E-state index in [2.05, 4.69) is 4.90 Å². The van der Waals surface area contributed by atoms with E-state index in [0.29, 0.717) is 98.5 Å². The van der Waals surface area contributed by atoms with Crippen molar-refractivity contribution in [3.05, 3.63) is 128 Å². The first-order valence-corrected chi connectivity index (χ1v) is 27.5. The highest BCUT2D eigenvalue weighted by molar-refractivity contribution is 5.90. The fraction of sp³-hybridized carbons (Fsp3) is 0.410. The molecular weight excluding hydrogens is 1040 g/mol. The van der Waals surface area contributed by atoms with Crippen molar-refractivity contribution in [2.45, 2.75) is 82.3 Å². The number of amides is 1. The quantitative estimate of drug-likeness (QED) is 0.0605. The number of aromatic nitrogens is 2. The third-order valence-electron chi connectivity index (χ3n) is 17.3. The first-order valence-electron chi connectivity index (χ1n) is 27.5. The number of hydrogen-bond donors (Lipinski definition) is 0. The second kappa shape index (κ2) is 20.9. The number of benzene rings is 4. The van der Waals surface area contributed by atoms with Crippen LogP contribution in [0, 0.1) is 11.8 Å². The number of nitrogens with zero attached hydrogens (tertiary/aromatic N) is 4. The van der Waals surface area contributed by atoms with Crippen LogP contribution in [0.3, 0.4) is 0 Å². The Morgan fingerprint density at radius 2 is 1.51 bits per heavy atom. The summed E-state index contributed by atoms with van der Waals surface area (Å²) in [5.41, 5.74) is 3.38. The van der Waals surface area contributed by atoms with Gasteiger partial charge in [-0.1, -0.05) is 13.3 Å². The highest BCUT2D eigenvalue weighted by atomic mass is 16.7. The maximum absolute atomic E-state index is 14.3. The van der Waals surface area contributed by atoms with E-state index in [9.17, 15) is 24.0 Å². The summed E-state index contributed by atoms with van der Waals surface area (Å²) in [5.74, 6) is -0.827. The van der Waals surface area contributed by atoms with E-state index < -0.39 is 54.2 Å². The lowest BCUT2D eigenvalue weighted by Crippen LogP contribution is -2.48. The number of carbonyl (C=O) groups is 4. The molecule has 2 unspecified atom stereocenters. The van der Waals surface area contributed by atoms with Crippen molar-refractivity contribution >= 4 is 34.9 Å². The fourth-order valence-electron chi connectivity index (χ4n) is 13.1. The Labute approximate surface area is 465 Å². The molecule has 0 radical (unpaired) electrons. The lowest BCUT2D eigenvalue weighted by atomic mass is 9.66. The molecular formula is C61H60N4O16. The van der Waals surface area contributed by atoms with Crippen LogP contribution in [0.4, 0.5) is 4.79 Å². The van der Waals surface area contributed by atoms with Crippen molar-refractivity contribution in [3.63, 3.8) is 0 Å². The number of likely N-dealkylation sites (tertiary alicyclic amines) is 2. The first-order chi connectivity index (χ1) is 39.5. The molecule has 20 heteroatoms. The van der Waals surface area contributed by atoms with Crippen LogP contribution < -0.4 is 38.7 Å². The molecule has 20 nitrogen and oxygen atoms in total. The largest absolute Gasteiger partial charge is 0.493 e. The topological polar surface area (TPSA) is 211 Å². The summed E-state index contributed by atoms with van der Waals surface area (Å²) >= 11 is 0. The molecule has 5 atom stereocenters. The third kappa shape index (κ3) is 8.99. The van der Waals surface area contributed by atoms with Gasteiger partial charge in [0, 0.05) is 53.0 Å². The minimum atomic E-state index is -1.70. The average molecular weight is 1110 g/mol. The highest BCUT2D eigenvalue weighted by Crippen LogP contribution is 2.57. The standard InChI is InChI=1S/C61H60N4O16/c1-5-61(44-27-46-53-36(28-65(46)56(66)42(44)29-75-59(61)69)21-34-22-39(13-14-45(34)62-53)80-60(70)64-19-15-37(16-20-64)63-17-7-6-8-18-63)79-32-76-38-11-9-33(10-12-38)57(67)81-54-41-26-48-47(77-31-78-48)25-40(41)51(52-43(54)30-74-58(52)68)35-23-49(71-2)55(73-4)50(24-35)72-3/h9-14,21-27,37,43,51-52,54H,5-8,15-20,28-32H2,1-4H3/t43-,51+,52-,54?,61?/m0/s1. The molecule has 1 amide bonds. The zero-order valence-electron chi connectivity index (χ0n) is 45.3. The van der Waals surface area contributed by atoms with Crippen LogP contribution in [0.5, 0.6) is 40.2 Å². The number of cyclic esters (lactones) is 2. The zero-order valence-corrected chi connectivity index (χ0v) is 45.3. The van der Waals surface area contributed by atoms with Crippen molar-refractivity contribution in [3.8, 4) is 51.6 Å². The van der Waals surface area contributed by atoms with Gasteiger partial charge in [0.25, 0.3) is 5.56 Å². The van der Waals surface area contributed by atoms with Crippen molar-refractivity contribution in [1.29, 1.82) is 0 Å². The van der Waals surface area contributed by atoms with Gasteiger partial charge >= 0.3 is 24.0 Å². The molecule has 0 spiro atoms. The van der Waals surface area contributed by atoms with Gasteiger partial charge < -0.3 is 66.5 Å². The predicted octanol–water partition coefficient (Wildman–Crippen LogP) is 8.18. The van der Waals surface area contributed by atoms with Gasteiger partial charge in [-0.05, 0) is 135 Å². The molecule has 0 saturated carbocycles. The van der Waals surface area contributed by atoms with E-state index in [4.69, 9.17) is 57.1 Å². The third-order valence-corrected chi connectivity index (χ3v) is 17.3. The summed E-state index contributed by atoms with van der Waals surface area (Å²) < 4.78 is 66.2. The van der Waals surface area contributed by atoms with Gasteiger partial charge in [-0.2, -0.15) is 0 Å². The molecule has 6 aliphatic heterocycles. The Balaban J connectivity index is 0.701. The normalized spacial score (nSPS) is 22.6. The summed E-state index contributed by atoms with van der Waals surface area (Å²) in [6, 6.07) is 23.0. The Morgan fingerprint density at radius 1 is 0.778 bits per heavy atom. The lowest BCUT2D eigenvalue weighted by molar-refractivity contribution is -0.191. The summed E-state index contributed by atoms with van der Waals surface area (Å²) in [4.78, 5) is 78.8. The summed E-state index contributed by atoms with van der Waals surface area (Å²) in [7, 11) is 4.55. The SMILES string of the molecule is CCC1(OCOc2ccc(C(=O)OC3c4cc5c(cc4[C@@H](c4cc(OC)c(OC)c(OC)c4)[C@H]4C(=O)OC[C@H]34)OCO5)cc2)C(=O)OCc2c1cc1n(c2=O)Cc2cc3cc(OC(=O)N4CCC(N5CCCCC5)CC4)ccc3nc2-1. The second-order valence-corrected chi connectivity index (χ2v) is 21.5. The smallest absolute Gasteiger partial charge is 0.415 e. The summed E-state index contributed by atoms with van der Waals surface area (Å²) in [5, 5.41) is 0.752. The van der Waals surface area contributed by atoms with Gasteiger partial charge in [0.2, 0.25) is 12.5 Å². The van der Waals surface area contributed by atoms with Gasteiger partial charge in [0.15, 0.2) is 35.4 Å². The molecule has 13 rings (SSSR count). The van der Waals surface area contributed by atoms with E-state index in [1.54, 1.807) is 83.1 Å². The Hall–Kier alpha value is -8.36. The molecule has 4 aromatic carbocycles. The number of carbonyl (C=O) groups excluding carboxylic acids is 4. The van der Waals surface area contributed by atoms with E-state index in [1.165, 1.54) is 40.6 Å². The average Bonchev–Trinajstić information content (AvgIpc) is 4.45. The molecule has 0 bridgehead atoms. The number of rotatable bonds is 13. The van der Waals surface area contributed by atoms with Crippen LogP contribution >= 0.6 is 0 Å². The number of pyridine rings is 2. The molecule has 8 heterocycles. The van der Waals surface area contributed by atoms with E-state index in [-0.39, 0.29) is 55.8 Å². The van der Waals surface area contributed by atoms with Gasteiger partial charge in [-0.25, -0.2) is 19.4 Å². The van der Waals surface area contributed by atoms with Crippen LogP contribution in [0.25, 0.3) is 22.3 Å². The van der Waals surface area contributed by atoms with Gasteiger partial charge in [0.05, 0.1) is 68.4 Å². The summed E-state index contributed by atoms with van der Waals surface area (Å²) in [6.07, 6.45) is 4.46. The molecule has 420 valence electrons. The maximum atomic E-state index is 14.3. The number of piperidine rings is 2. The number of methoxy groups -OCH3 is 3. The number of esters is 3. The highest BCUT2D eigenvalue weighted by Gasteiger charge is 2.55. The van der Waals surface area contributed by atoms with Crippen LogP contribution in [0.15, 0.2) is 83.7 Å². The van der Waals surface area contributed by atoms with Crippen molar-refractivity contribution in [2.24, 2.45) is 11.8 Å². The molecule has 3 fully saturated rings. The first kappa shape index (κ1) is 52.0. The number of fused-ring (bicyclic) bond motifs is 8. The van der Waals surface area contributed by atoms with Crippen LogP contribution in [-0.4, -0.2) is 117 Å². The molecule has 0 N–H and O–H groups in total. The van der Waals surface area contributed by atoms with Crippen LogP contribution in [0.1, 0.15) is 101 Å². The Bertz CT molecular complexity index is 3560. The van der Waals surface area contributed by atoms with Crippen molar-refractivity contribution < 1.29 is 71.3 Å². The van der Waals surface area contributed by atoms with Crippen LogP contribution in [0.2, 0.25) is 0 Å². The van der Waals surface area contributed by atoms with E-state index >= 15 is 0 Å². The molecule has 3 saturated heterocycles. The predicted molar refractivity (Wildman–Crippen MR) is 288 cm³/mol. The van der Waals surface area contributed by atoms with Crippen molar-refractivity contribution in [1.82, 2.24) is 19.4 Å². The molecule has 81 heavy (non-hydrogen) atoms. The number of hydrogen-bond acceptors (Lipinski definition) is 18. The minimum Gasteiger partial charge on any atom is -0.493 e. The Morgan fingerprint density at radius 3 is 2.22 bits per heavy atom. The van der Waals surface area contributed by atoms with E-state index in [0.717, 1.165) is 36.9 Å². The van der Waals surface area contributed by atoms with Crippen molar-refractivity contribution in [2.75, 3.05) is 67.7 Å². The molecule has 7 aliphatic rings. The zero-order chi connectivity index (χ0) is 55.7. The maximum Gasteiger partial charge on any atom is 0.415 e. The molecule has 6 aromatic rings. The van der Waals surface area contributed by atoms with Gasteiger partial charge in [-0.15, -0.1) is 0 Å². The van der Waals surface area contributed by atoms with E-state index in [1.807, 2.05) is 12.1 Å². The molecule has 2 aromatic heterocycles. The minimum absolute atomic E-state index is 0.000361. The van der Waals surface area contributed by atoms with Crippen LogP contribution in [-0.2, 0) is 47.3 Å². The fourth-order valence-corrected chi connectivity index (χ4v) is 13.1. The van der Waals surface area contributed by atoms with Gasteiger partial charge in [0.1, 0.15) is 24.2 Å². The summed E-state index contributed by atoms with van der Waals surface area (Å²) in [6.45, 7) is 4.93. The second-order valence-electron chi connectivity index (χ2n) is 21.5. The number of ether oxygens (including phenoxy) is 11. The lowest BCUT2D eigenvalue weighted by Gasteiger charge is -2.39. The van der Waals surface area contributed by atoms with Gasteiger partial charge in [-0.3, -0.25) is 9.59 Å².